The number of rotatable bonds is 10. The molecule has 0 heterocycles. The third kappa shape index (κ3) is 7.46. The van der Waals surface area contributed by atoms with Gasteiger partial charge in [0.05, 0.1) is 17.8 Å². The molecule has 0 aliphatic carbocycles. The summed E-state index contributed by atoms with van der Waals surface area (Å²) in [7, 11) is -4.10. The van der Waals surface area contributed by atoms with Gasteiger partial charge in [-0.25, -0.2) is 13.1 Å². The number of aryl methyl sites for hydroxylation is 1. The predicted octanol–water partition coefficient (Wildman–Crippen LogP) is 3.87. The molecule has 3 aromatic rings. The SMILES string of the molecule is Cc1cc(NC(C)C(=O)NS(=O)(=O)c2ccccc2Cl)cc(OCCc2ccc(/C=N\N)cc2)c1. The number of nitrogens with zero attached hydrogens (tertiary/aromatic N) is 1. The lowest BCUT2D eigenvalue weighted by Gasteiger charge is -2.17. The molecule has 1 atom stereocenters. The van der Waals surface area contributed by atoms with Gasteiger partial charge in [0.25, 0.3) is 15.9 Å². The summed E-state index contributed by atoms with van der Waals surface area (Å²) >= 11 is 5.97. The minimum Gasteiger partial charge on any atom is -0.493 e. The van der Waals surface area contributed by atoms with Crippen LogP contribution in [0.5, 0.6) is 5.75 Å². The Balaban J connectivity index is 1.59. The number of anilines is 1. The normalized spacial score (nSPS) is 12.3. The van der Waals surface area contributed by atoms with Gasteiger partial charge in [0.2, 0.25) is 0 Å². The van der Waals surface area contributed by atoms with Crippen LogP contribution in [0.15, 0.2) is 76.7 Å². The van der Waals surface area contributed by atoms with E-state index in [4.69, 9.17) is 22.2 Å². The number of benzene rings is 3. The van der Waals surface area contributed by atoms with Crippen molar-refractivity contribution in [3.05, 3.63) is 88.4 Å². The van der Waals surface area contributed by atoms with Crippen molar-refractivity contribution in [3.8, 4) is 5.75 Å². The van der Waals surface area contributed by atoms with Gasteiger partial charge in [-0.2, -0.15) is 5.10 Å². The van der Waals surface area contributed by atoms with Gasteiger partial charge >= 0.3 is 0 Å². The predicted molar refractivity (Wildman–Crippen MR) is 138 cm³/mol. The van der Waals surface area contributed by atoms with Gasteiger partial charge in [-0.1, -0.05) is 48.0 Å². The molecule has 3 aromatic carbocycles. The summed E-state index contributed by atoms with van der Waals surface area (Å²) in [4.78, 5) is 12.4. The van der Waals surface area contributed by atoms with E-state index in [2.05, 4.69) is 15.1 Å². The second-order valence-corrected chi connectivity index (χ2v) is 9.98. The Hall–Kier alpha value is -3.56. The van der Waals surface area contributed by atoms with Crippen LogP contribution in [0.2, 0.25) is 5.02 Å². The second-order valence-electron chi connectivity index (χ2n) is 7.92. The van der Waals surface area contributed by atoms with E-state index >= 15 is 0 Å². The Morgan fingerprint density at radius 3 is 2.54 bits per heavy atom. The van der Waals surface area contributed by atoms with Crippen LogP contribution < -0.4 is 20.6 Å². The third-order valence-corrected chi connectivity index (χ3v) is 6.90. The molecule has 0 bridgehead atoms. The van der Waals surface area contributed by atoms with Gasteiger partial charge in [-0.15, -0.1) is 0 Å². The number of hydrogen-bond donors (Lipinski definition) is 3. The van der Waals surface area contributed by atoms with Gasteiger partial charge in [-0.3, -0.25) is 4.79 Å². The monoisotopic (exact) mass is 514 g/mol. The summed E-state index contributed by atoms with van der Waals surface area (Å²) in [5.74, 6) is 5.08. The van der Waals surface area contributed by atoms with Gasteiger partial charge in [0.15, 0.2) is 0 Å². The maximum absolute atomic E-state index is 12.6. The molecular formula is C25H27ClN4O4S. The van der Waals surface area contributed by atoms with E-state index in [9.17, 15) is 13.2 Å². The molecule has 1 unspecified atom stereocenters. The Kier molecular flexibility index (Phi) is 8.73. The van der Waals surface area contributed by atoms with Crippen molar-refractivity contribution in [2.45, 2.75) is 31.2 Å². The topological polar surface area (TPSA) is 123 Å². The van der Waals surface area contributed by atoms with E-state index in [1.807, 2.05) is 43.3 Å². The molecule has 0 fully saturated rings. The summed E-state index contributed by atoms with van der Waals surface area (Å²) in [5, 5.41) is 6.57. The highest BCUT2D eigenvalue weighted by molar-refractivity contribution is 7.90. The highest BCUT2D eigenvalue weighted by Crippen LogP contribution is 2.23. The lowest BCUT2D eigenvalue weighted by Crippen LogP contribution is -2.41. The van der Waals surface area contributed by atoms with Gasteiger partial charge in [0.1, 0.15) is 16.7 Å². The van der Waals surface area contributed by atoms with Crippen LogP contribution >= 0.6 is 11.6 Å². The number of halogens is 1. The Bertz CT molecular complexity index is 1310. The molecule has 0 saturated carbocycles. The molecule has 184 valence electrons. The molecular weight excluding hydrogens is 488 g/mol. The number of ether oxygens (including phenoxy) is 1. The molecule has 35 heavy (non-hydrogen) atoms. The number of sulfonamides is 1. The third-order valence-electron chi connectivity index (χ3n) is 5.05. The molecule has 0 spiro atoms. The molecule has 1 amide bonds. The Morgan fingerprint density at radius 2 is 1.86 bits per heavy atom. The number of nitrogens with one attached hydrogen (secondary N) is 2. The maximum Gasteiger partial charge on any atom is 0.265 e. The largest absolute Gasteiger partial charge is 0.493 e. The zero-order valence-electron chi connectivity index (χ0n) is 19.4. The fraction of sp³-hybridized carbons (Fsp3) is 0.200. The maximum atomic E-state index is 12.6. The van der Waals surface area contributed by atoms with E-state index in [-0.39, 0.29) is 9.92 Å². The Morgan fingerprint density at radius 1 is 1.14 bits per heavy atom. The first-order chi connectivity index (χ1) is 16.7. The second kappa shape index (κ2) is 11.7. The van der Waals surface area contributed by atoms with Crippen molar-refractivity contribution in [2.75, 3.05) is 11.9 Å². The smallest absolute Gasteiger partial charge is 0.265 e. The van der Waals surface area contributed by atoms with Crippen LogP contribution in [0.3, 0.4) is 0 Å². The standard InChI is InChI=1S/C25H27ClN4O4S/c1-17-13-21(15-22(14-17)34-12-11-19-7-9-20(10-8-19)16-28-27)29-18(2)25(31)30-35(32,33)24-6-4-3-5-23(24)26/h3-10,13-16,18,29H,11-12,27H2,1-2H3,(H,30,31)/b28-16-. The number of carbonyl (C=O) groups is 1. The number of hydrazone groups is 1. The van der Waals surface area contributed by atoms with Crippen molar-refractivity contribution in [1.82, 2.24) is 4.72 Å². The van der Waals surface area contributed by atoms with Crippen molar-refractivity contribution in [3.63, 3.8) is 0 Å². The molecule has 4 N–H and O–H groups in total. The lowest BCUT2D eigenvalue weighted by atomic mass is 10.1. The minimum absolute atomic E-state index is 0.0363. The minimum atomic E-state index is -4.10. The summed E-state index contributed by atoms with van der Waals surface area (Å²) < 4.78 is 33.1. The van der Waals surface area contributed by atoms with Crippen molar-refractivity contribution >= 4 is 39.4 Å². The quantitative estimate of drug-likeness (QED) is 0.214. The fourth-order valence-electron chi connectivity index (χ4n) is 3.31. The fourth-order valence-corrected chi connectivity index (χ4v) is 4.89. The summed E-state index contributed by atoms with van der Waals surface area (Å²) in [6, 6.07) is 18.4. The summed E-state index contributed by atoms with van der Waals surface area (Å²) in [5.41, 5.74) is 3.58. The number of nitrogens with two attached hydrogens (primary N) is 1. The van der Waals surface area contributed by atoms with Crippen LogP contribution in [0, 0.1) is 6.92 Å². The molecule has 0 aromatic heterocycles. The molecule has 0 aliphatic heterocycles. The van der Waals surface area contributed by atoms with Crippen molar-refractivity contribution < 1.29 is 17.9 Å². The summed E-state index contributed by atoms with van der Waals surface area (Å²) in [6.07, 6.45) is 2.28. The van der Waals surface area contributed by atoms with Gasteiger partial charge in [0, 0.05) is 18.2 Å². The van der Waals surface area contributed by atoms with Crippen LogP contribution in [-0.2, 0) is 21.2 Å². The number of carbonyl (C=O) groups excluding carboxylic acids is 1. The first-order valence-electron chi connectivity index (χ1n) is 10.8. The first-order valence-corrected chi connectivity index (χ1v) is 12.7. The first kappa shape index (κ1) is 26.1. The van der Waals surface area contributed by atoms with E-state index in [0.717, 1.165) is 16.7 Å². The van der Waals surface area contributed by atoms with E-state index in [1.165, 1.54) is 18.2 Å². The average Bonchev–Trinajstić information content (AvgIpc) is 2.80. The number of hydrogen-bond acceptors (Lipinski definition) is 7. The van der Waals surface area contributed by atoms with Crippen molar-refractivity contribution in [1.29, 1.82) is 0 Å². The van der Waals surface area contributed by atoms with E-state index in [0.29, 0.717) is 24.5 Å². The average molecular weight is 515 g/mol. The van der Waals surface area contributed by atoms with Gasteiger partial charge in [-0.05, 0) is 54.8 Å². The number of amides is 1. The van der Waals surface area contributed by atoms with Crippen LogP contribution in [0.25, 0.3) is 0 Å². The molecule has 0 saturated heterocycles. The highest BCUT2D eigenvalue weighted by atomic mass is 35.5. The van der Waals surface area contributed by atoms with Crippen molar-refractivity contribution in [2.24, 2.45) is 10.9 Å². The molecule has 0 aliphatic rings. The lowest BCUT2D eigenvalue weighted by molar-refractivity contribution is -0.119. The van der Waals surface area contributed by atoms with Crippen LogP contribution in [0.4, 0.5) is 5.69 Å². The summed E-state index contributed by atoms with van der Waals surface area (Å²) in [6.45, 7) is 3.93. The van der Waals surface area contributed by atoms with E-state index < -0.39 is 22.0 Å². The van der Waals surface area contributed by atoms with E-state index in [1.54, 1.807) is 25.3 Å². The molecule has 8 nitrogen and oxygen atoms in total. The highest BCUT2D eigenvalue weighted by Gasteiger charge is 2.23. The zero-order valence-corrected chi connectivity index (χ0v) is 20.9. The Labute approximate surface area is 210 Å². The van der Waals surface area contributed by atoms with Crippen LogP contribution in [0.1, 0.15) is 23.6 Å². The zero-order chi connectivity index (χ0) is 25.4. The molecule has 0 radical (unpaired) electrons. The van der Waals surface area contributed by atoms with Crippen LogP contribution in [-0.4, -0.2) is 33.2 Å². The van der Waals surface area contributed by atoms with Gasteiger partial charge < -0.3 is 15.9 Å². The molecule has 3 rings (SSSR count). The molecule has 10 heteroatoms.